The number of carbonyl (C=O) groups is 2. The molecule has 1 rings (SSSR count). The molecule has 1 aromatic carbocycles. The normalized spacial score (nSPS) is 11.8. The fraction of sp³-hybridized carbons (Fsp3) is 0.273. The Bertz CT molecular complexity index is 364. The number of carboxylic acid groups (broad SMARTS) is 2. The maximum absolute atomic E-state index is 10.9. The maximum Gasteiger partial charge on any atom is 0.326 e. The third kappa shape index (κ3) is 4.00. The Labute approximate surface area is 92.7 Å². The Morgan fingerprint density at radius 3 is 2.31 bits per heavy atom. The van der Waals surface area contributed by atoms with Crippen LogP contribution in [0.1, 0.15) is 12.8 Å². The molecule has 0 radical (unpaired) electrons. The number of rotatable bonds is 6. The first-order valence-corrected chi connectivity index (χ1v) is 4.86. The van der Waals surface area contributed by atoms with Crippen LogP contribution in [0.15, 0.2) is 30.3 Å². The molecule has 1 atom stereocenters. The molecule has 0 heterocycles. The van der Waals surface area contributed by atoms with Crippen LogP contribution >= 0.6 is 0 Å². The zero-order valence-electron chi connectivity index (χ0n) is 8.59. The van der Waals surface area contributed by atoms with Gasteiger partial charge in [0.05, 0.1) is 0 Å². The van der Waals surface area contributed by atoms with Gasteiger partial charge in [-0.05, 0) is 18.6 Å². The first kappa shape index (κ1) is 12.0. The van der Waals surface area contributed by atoms with Crippen LogP contribution in [0.3, 0.4) is 0 Å². The molecule has 86 valence electrons. The summed E-state index contributed by atoms with van der Waals surface area (Å²) in [4.78, 5) is 21.2. The number of nitrogens with one attached hydrogen (secondary N) is 1. The summed E-state index contributed by atoms with van der Waals surface area (Å²) in [5, 5.41) is 20.2. The summed E-state index contributed by atoms with van der Waals surface area (Å²) in [5.74, 6) is -2.05. The van der Waals surface area contributed by atoms with Crippen LogP contribution in [0, 0.1) is 0 Å². The first-order valence-electron chi connectivity index (χ1n) is 4.86. The molecule has 0 saturated heterocycles. The van der Waals surface area contributed by atoms with Gasteiger partial charge in [0.25, 0.3) is 0 Å². The molecule has 5 heteroatoms. The van der Waals surface area contributed by atoms with Crippen LogP contribution in [0.25, 0.3) is 0 Å². The Hall–Kier alpha value is -2.04. The Morgan fingerprint density at radius 1 is 1.19 bits per heavy atom. The van der Waals surface area contributed by atoms with Crippen molar-refractivity contribution >= 4 is 17.6 Å². The van der Waals surface area contributed by atoms with E-state index in [9.17, 15) is 9.59 Å². The lowest BCUT2D eigenvalue weighted by atomic mass is 10.1. The minimum Gasteiger partial charge on any atom is -0.481 e. The number of hydrogen-bond acceptors (Lipinski definition) is 3. The van der Waals surface area contributed by atoms with E-state index >= 15 is 0 Å². The number of carboxylic acids is 2. The zero-order valence-corrected chi connectivity index (χ0v) is 8.59. The highest BCUT2D eigenvalue weighted by Gasteiger charge is 2.17. The van der Waals surface area contributed by atoms with Crippen molar-refractivity contribution in [2.45, 2.75) is 18.9 Å². The Morgan fingerprint density at radius 2 is 1.81 bits per heavy atom. The van der Waals surface area contributed by atoms with Crippen molar-refractivity contribution in [2.24, 2.45) is 0 Å². The van der Waals surface area contributed by atoms with Crippen LogP contribution in [-0.4, -0.2) is 28.2 Å². The van der Waals surface area contributed by atoms with E-state index in [2.05, 4.69) is 5.32 Å². The highest BCUT2D eigenvalue weighted by molar-refractivity contribution is 5.78. The predicted molar refractivity (Wildman–Crippen MR) is 58.4 cm³/mol. The molecule has 0 fully saturated rings. The summed E-state index contributed by atoms with van der Waals surface area (Å²) in [6, 6.07) is 7.96. The first-order chi connectivity index (χ1) is 7.59. The second-order valence-corrected chi connectivity index (χ2v) is 3.33. The topological polar surface area (TPSA) is 86.6 Å². The SMILES string of the molecule is O=C(O)CC[C@H](Nc1ccccc1)C(=O)O. The number of hydrogen-bond donors (Lipinski definition) is 3. The van der Waals surface area contributed by atoms with Crippen LogP contribution in [-0.2, 0) is 9.59 Å². The molecule has 0 aliphatic carbocycles. The molecule has 16 heavy (non-hydrogen) atoms. The summed E-state index contributed by atoms with van der Waals surface area (Å²) in [6.45, 7) is 0. The fourth-order valence-electron chi connectivity index (χ4n) is 1.26. The summed E-state index contributed by atoms with van der Waals surface area (Å²) in [7, 11) is 0. The van der Waals surface area contributed by atoms with Gasteiger partial charge in [-0.15, -0.1) is 0 Å². The zero-order chi connectivity index (χ0) is 12.0. The average molecular weight is 223 g/mol. The lowest BCUT2D eigenvalue weighted by Gasteiger charge is -2.14. The van der Waals surface area contributed by atoms with Gasteiger partial charge in [0, 0.05) is 12.1 Å². The van der Waals surface area contributed by atoms with E-state index in [1.807, 2.05) is 6.07 Å². The van der Waals surface area contributed by atoms with Crippen molar-refractivity contribution in [1.82, 2.24) is 0 Å². The third-order valence-electron chi connectivity index (χ3n) is 2.06. The average Bonchev–Trinajstić information content (AvgIpc) is 2.25. The summed E-state index contributed by atoms with van der Waals surface area (Å²) >= 11 is 0. The number of para-hydroxylation sites is 1. The maximum atomic E-state index is 10.9. The number of benzene rings is 1. The van der Waals surface area contributed by atoms with E-state index < -0.39 is 18.0 Å². The van der Waals surface area contributed by atoms with Crippen molar-refractivity contribution < 1.29 is 19.8 Å². The molecule has 0 saturated carbocycles. The standard InChI is InChI=1S/C11H13NO4/c13-10(14)7-6-9(11(15)16)12-8-4-2-1-3-5-8/h1-5,9,12H,6-7H2,(H,13,14)(H,15,16)/t9-/m0/s1. The van der Waals surface area contributed by atoms with Gasteiger partial charge in [0.1, 0.15) is 6.04 Å². The molecule has 1 aromatic rings. The molecule has 0 bridgehead atoms. The molecule has 0 aliphatic rings. The van der Waals surface area contributed by atoms with E-state index in [-0.39, 0.29) is 12.8 Å². The molecule has 3 N–H and O–H groups in total. The quantitative estimate of drug-likeness (QED) is 0.678. The lowest BCUT2D eigenvalue weighted by molar-refractivity contribution is -0.139. The van der Waals surface area contributed by atoms with Gasteiger partial charge in [-0.25, -0.2) is 4.79 Å². The van der Waals surface area contributed by atoms with Crippen LogP contribution in [0.2, 0.25) is 0 Å². The van der Waals surface area contributed by atoms with Gasteiger partial charge in [0.15, 0.2) is 0 Å². The van der Waals surface area contributed by atoms with Crippen molar-refractivity contribution in [3.8, 4) is 0 Å². The highest BCUT2D eigenvalue weighted by Crippen LogP contribution is 2.10. The second kappa shape index (κ2) is 5.75. The van der Waals surface area contributed by atoms with Gasteiger partial charge in [0.2, 0.25) is 0 Å². The van der Waals surface area contributed by atoms with Crippen molar-refractivity contribution in [3.05, 3.63) is 30.3 Å². The van der Waals surface area contributed by atoms with Gasteiger partial charge >= 0.3 is 11.9 Å². The van der Waals surface area contributed by atoms with Gasteiger partial charge < -0.3 is 15.5 Å². The molecule has 0 unspecified atom stereocenters. The summed E-state index contributed by atoms with van der Waals surface area (Å²) in [6.07, 6.45) is -0.115. The van der Waals surface area contributed by atoms with E-state index in [0.29, 0.717) is 5.69 Å². The fourth-order valence-corrected chi connectivity index (χ4v) is 1.26. The lowest BCUT2D eigenvalue weighted by Crippen LogP contribution is -2.29. The van der Waals surface area contributed by atoms with Crippen LogP contribution in [0.5, 0.6) is 0 Å². The summed E-state index contributed by atoms with van der Waals surface area (Å²) in [5.41, 5.74) is 0.667. The van der Waals surface area contributed by atoms with E-state index in [1.54, 1.807) is 24.3 Å². The third-order valence-corrected chi connectivity index (χ3v) is 2.06. The predicted octanol–water partition coefficient (Wildman–Crippen LogP) is 1.42. The molecule has 0 aliphatic heterocycles. The van der Waals surface area contributed by atoms with E-state index in [0.717, 1.165) is 0 Å². The van der Waals surface area contributed by atoms with Crippen LogP contribution < -0.4 is 5.32 Å². The number of anilines is 1. The highest BCUT2D eigenvalue weighted by atomic mass is 16.4. The molecule has 0 amide bonds. The molecule has 0 spiro atoms. The van der Waals surface area contributed by atoms with Gasteiger partial charge in [-0.1, -0.05) is 18.2 Å². The second-order valence-electron chi connectivity index (χ2n) is 3.33. The Balaban J connectivity index is 2.58. The molecule has 5 nitrogen and oxygen atoms in total. The van der Waals surface area contributed by atoms with Gasteiger partial charge in [-0.3, -0.25) is 4.79 Å². The van der Waals surface area contributed by atoms with E-state index in [4.69, 9.17) is 10.2 Å². The van der Waals surface area contributed by atoms with Gasteiger partial charge in [-0.2, -0.15) is 0 Å². The molecular formula is C11H13NO4. The van der Waals surface area contributed by atoms with Crippen molar-refractivity contribution in [1.29, 1.82) is 0 Å². The smallest absolute Gasteiger partial charge is 0.326 e. The van der Waals surface area contributed by atoms with E-state index in [1.165, 1.54) is 0 Å². The largest absolute Gasteiger partial charge is 0.481 e. The van der Waals surface area contributed by atoms with Crippen molar-refractivity contribution in [2.75, 3.05) is 5.32 Å². The van der Waals surface area contributed by atoms with Crippen molar-refractivity contribution in [3.63, 3.8) is 0 Å². The Kier molecular flexibility index (Phi) is 4.32. The monoisotopic (exact) mass is 223 g/mol. The minimum atomic E-state index is -1.05. The van der Waals surface area contributed by atoms with Crippen LogP contribution in [0.4, 0.5) is 5.69 Å². The molecule has 0 aromatic heterocycles. The molecular weight excluding hydrogens is 210 g/mol. The number of aliphatic carboxylic acids is 2. The minimum absolute atomic E-state index is 0.0551. The summed E-state index contributed by atoms with van der Waals surface area (Å²) < 4.78 is 0.